The van der Waals surface area contributed by atoms with Crippen molar-refractivity contribution in [2.24, 2.45) is 0 Å². The van der Waals surface area contributed by atoms with Crippen LogP contribution in [0.1, 0.15) is 13.8 Å². The first-order valence-corrected chi connectivity index (χ1v) is 7.34. The molecule has 1 aromatic heterocycles. The number of rotatable bonds is 4. The van der Waals surface area contributed by atoms with Crippen LogP contribution in [-0.4, -0.2) is 31.7 Å². The maximum absolute atomic E-state index is 10.2. The van der Waals surface area contributed by atoms with Gasteiger partial charge < -0.3 is 15.2 Å². The molecule has 2 rings (SSSR count). The number of aromatic nitrogens is 2. The Labute approximate surface area is 108 Å². The molecule has 1 aromatic carbocycles. The molecular formula is C11H14N2O2S2. The number of phenolic OH excluding ortho intramolecular Hbond substituents is 2. The van der Waals surface area contributed by atoms with Gasteiger partial charge in [0.25, 0.3) is 0 Å². The van der Waals surface area contributed by atoms with Crippen LogP contribution in [0.15, 0.2) is 16.1 Å². The number of thioether (sulfide) groups is 2. The van der Waals surface area contributed by atoms with Crippen molar-refractivity contribution in [3.05, 3.63) is 6.33 Å². The lowest BCUT2D eigenvalue weighted by atomic mass is 10.2. The molecule has 0 fully saturated rings. The van der Waals surface area contributed by atoms with E-state index in [1.54, 1.807) is 0 Å². The van der Waals surface area contributed by atoms with Crippen LogP contribution >= 0.6 is 23.5 Å². The van der Waals surface area contributed by atoms with Crippen LogP contribution in [-0.2, 0) is 0 Å². The molecule has 0 saturated heterocycles. The van der Waals surface area contributed by atoms with Crippen molar-refractivity contribution in [3.63, 3.8) is 0 Å². The minimum absolute atomic E-state index is 0.154. The van der Waals surface area contributed by atoms with E-state index in [9.17, 15) is 10.2 Å². The normalized spacial score (nSPS) is 11.2. The van der Waals surface area contributed by atoms with Gasteiger partial charge in [-0.05, 0) is 11.5 Å². The molecule has 3 N–H and O–H groups in total. The molecule has 0 saturated carbocycles. The van der Waals surface area contributed by atoms with Gasteiger partial charge in [0.15, 0.2) is 11.5 Å². The number of benzene rings is 1. The number of nitrogens with zero attached hydrogens (tertiary/aromatic N) is 1. The van der Waals surface area contributed by atoms with E-state index in [2.05, 4.69) is 9.97 Å². The summed E-state index contributed by atoms with van der Waals surface area (Å²) in [5.41, 5.74) is 0.929. The Hall–Kier alpha value is -1.01. The molecule has 17 heavy (non-hydrogen) atoms. The van der Waals surface area contributed by atoms with Gasteiger partial charge in [0.2, 0.25) is 0 Å². The van der Waals surface area contributed by atoms with E-state index in [1.807, 2.05) is 13.8 Å². The molecular weight excluding hydrogens is 256 g/mol. The Morgan fingerprint density at radius 2 is 1.71 bits per heavy atom. The van der Waals surface area contributed by atoms with Crippen molar-refractivity contribution in [1.29, 1.82) is 0 Å². The van der Waals surface area contributed by atoms with E-state index in [1.165, 1.54) is 29.9 Å². The number of nitrogens with one attached hydrogen (secondary N) is 1. The fraction of sp³-hybridized carbons (Fsp3) is 0.364. The summed E-state index contributed by atoms with van der Waals surface area (Å²) in [6, 6.07) is 0. The van der Waals surface area contributed by atoms with Crippen LogP contribution in [0.4, 0.5) is 0 Å². The van der Waals surface area contributed by atoms with Crippen molar-refractivity contribution in [2.45, 2.75) is 23.6 Å². The highest BCUT2D eigenvalue weighted by Crippen LogP contribution is 2.47. The Morgan fingerprint density at radius 1 is 1.12 bits per heavy atom. The summed E-state index contributed by atoms with van der Waals surface area (Å²) in [6.07, 6.45) is 1.48. The van der Waals surface area contributed by atoms with Crippen molar-refractivity contribution >= 4 is 34.6 Å². The van der Waals surface area contributed by atoms with Crippen molar-refractivity contribution in [1.82, 2.24) is 9.97 Å². The number of hydrogen-bond donors (Lipinski definition) is 3. The van der Waals surface area contributed by atoms with Crippen LogP contribution < -0.4 is 0 Å². The average molecular weight is 270 g/mol. The monoisotopic (exact) mass is 270 g/mol. The molecule has 92 valence electrons. The third-order valence-electron chi connectivity index (χ3n) is 2.31. The maximum atomic E-state index is 10.2. The summed E-state index contributed by atoms with van der Waals surface area (Å²) in [4.78, 5) is 8.34. The van der Waals surface area contributed by atoms with Crippen molar-refractivity contribution in [3.8, 4) is 11.5 Å². The van der Waals surface area contributed by atoms with E-state index in [-0.39, 0.29) is 11.5 Å². The topological polar surface area (TPSA) is 69.1 Å². The molecule has 1 heterocycles. The molecule has 0 spiro atoms. The predicted molar refractivity (Wildman–Crippen MR) is 72.2 cm³/mol. The highest BCUT2D eigenvalue weighted by Gasteiger charge is 2.20. The first-order valence-electron chi connectivity index (χ1n) is 5.37. The number of aromatic amines is 1. The Balaban J connectivity index is 2.72. The van der Waals surface area contributed by atoms with Gasteiger partial charge in [-0.25, -0.2) is 4.98 Å². The van der Waals surface area contributed by atoms with Crippen LogP contribution in [0.3, 0.4) is 0 Å². The van der Waals surface area contributed by atoms with Crippen LogP contribution in [0, 0.1) is 0 Å². The Morgan fingerprint density at radius 3 is 2.29 bits per heavy atom. The molecule has 4 nitrogen and oxygen atoms in total. The zero-order valence-electron chi connectivity index (χ0n) is 9.65. The molecule has 0 bridgehead atoms. The second-order valence-corrected chi connectivity index (χ2v) is 5.90. The molecule has 0 aliphatic heterocycles. The second kappa shape index (κ2) is 5.10. The highest BCUT2D eigenvalue weighted by atomic mass is 32.2. The summed E-state index contributed by atoms with van der Waals surface area (Å²) in [5, 5.41) is 20.4. The highest BCUT2D eigenvalue weighted by molar-refractivity contribution is 8.02. The van der Waals surface area contributed by atoms with Gasteiger partial charge in [-0.3, -0.25) is 0 Å². The Bertz CT molecular complexity index is 494. The van der Waals surface area contributed by atoms with Crippen LogP contribution in [0.5, 0.6) is 11.5 Å². The number of phenols is 2. The number of imidazole rings is 1. The largest absolute Gasteiger partial charge is 0.505 e. The lowest BCUT2D eigenvalue weighted by molar-refractivity contribution is 0.444. The van der Waals surface area contributed by atoms with E-state index >= 15 is 0 Å². The zero-order valence-corrected chi connectivity index (χ0v) is 11.3. The summed E-state index contributed by atoms with van der Waals surface area (Å²) in [6.45, 7) is 4.02. The molecule has 0 unspecified atom stereocenters. The van der Waals surface area contributed by atoms with Crippen molar-refractivity contribution < 1.29 is 10.2 Å². The number of fused-ring (bicyclic) bond motifs is 1. The van der Waals surface area contributed by atoms with Gasteiger partial charge in [-0.1, -0.05) is 13.8 Å². The molecule has 2 aromatic rings. The lowest BCUT2D eigenvalue weighted by Gasteiger charge is -2.12. The Kier molecular flexibility index (Phi) is 3.73. The fourth-order valence-corrected chi connectivity index (χ4v) is 3.51. The third kappa shape index (κ3) is 2.07. The first kappa shape index (κ1) is 12.4. The second-order valence-electron chi connectivity index (χ2n) is 3.35. The fourth-order valence-electron chi connectivity index (χ4n) is 1.65. The van der Waals surface area contributed by atoms with E-state index in [0.717, 1.165) is 21.3 Å². The first-order chi connectivity index (χ1) is 8.20. The molecule has 0 aliphatic carbocycles. The summed E-state index contributed by atoms with van der Waals surface area (Å²) < 4.78 is 0. The zero-order chi connectivity index (χ0) is 12.4. The van der Waals surface area contributed by atoms with Crippen LogP contribution in [0.25, 0.3) is 11.0 Å². The number of H-pyrrole nitrogens is 1. The van der Waals surface area contributed by atoms with E-state index in [0.29, 0.717) is 11.0 Å². The smallest absolute Gasteiger partial charge is 0.158 e. The van der Waals surface area contributed by atoms with Gasteiger partial charge in [0.1, 0.15) is 11.0 Å². The number of aromatic hydroxyl groups is 2. The van der Waals surface area contributed by atoms with Gasteiger partial charge in [0.05, 0.1) is 16.1 Å². The molecule has 0 atom stereocenters. The molecule has 0 aliphatic rings. The molecule has 0 amide bonds. The molecule has 6 heteroatoms. The van der Waals surface area contributed by atoms with Crippen LogP contribution in [0.2, 0.25) is 0 Å². The van der Waals surface area contributed by atoms with Gasteiger partial charge >= 0.3 is 0 Å². The molecule has 0 radical (unpaired) electrons. The quantitative estimate of drug-likeness (QED) is 0.588. The van der Waals surface area contributed by atoms with E-state index in [4.69, 9.17) is 0 Å². The standard InChI is InChI=1S/C11H14N2O2S2/c1-3-16-10-8(14)6-7(13-5-12-6)9(15)11(10)17-4-2/h5,14-15H,3-4H2,1-2H3,(H,12,13). The summed E-state index contributed by atoms with van der Waals surface area (Å²) in [7, 11) is 0. The summed E-state index contributed by atoms with van der Waals surface area (Å²) >= 11 is 3.04. The van der Waals surface area contributed by atoms with Crippen molar-refractivity contribution in [2.75, 3.05) is 11.5 Å². The summed E-state index contributed by atoms with van der Waals surface area (Å²) in [5.74, 6) is 2.00. The van der Waals surface area contributed by atoms with Gasteiger partial charge in [0, 0.05) is 0 Å². The van der Waals surface area contributed by atoms with Gasteiger partial charge in [-0.2, -0.15) is 0 Å². The minimum Gasteiger partial charge on any atom is -0.505 e. The minimum atomic E-state index is 0.154. The third-order valence-corrected chi connectivity index (χ3v) is 4.39. The van der Waals surface area contributed by atoms with E-state index < -0.39 is 0 Å². The number of hydrogen-bond acceptors (Lipinski definition) is 5. The van der Waals surface area contributed by atoms with Gasteiger partial charge in [-0.15, -0.1) is 23.5 Å². The average Bonchev–Trinajstić information content (AvgIpc) is 2.80. The maximum Gasteiger partial charge on any atom is 0.158 e. The lowest BCUT2D eigenvalue weighted by Crippen LogP contribution is -1.87. The predicted octanol–water partition coefficient (Wildman–Crippen LogP) is 3.20. The SMILES string of the molecule is CCSc1c(SCC)c(O)c2[nH]cnc2c1O.